The summed E-state index contributed by atoms with van der Waals surface area (Å²) in [6, 6.07) is 6.86. The van der Waals surface area contributed by atoms with Crippen molar-refractivity contribution in [3.8, 4) is 0 Å². The van der Waals surface area contributed by atoms with Crippen LogP contribution in [0.2, 0.25) is 0 Å². The minimum atomic E-state index is -0.544. The van der Waals surface area contributed by atoms with Gasteiger partial charge < -0.3 is 15.0 Å². The molecule has 2 N–H and O–H groups in total. The Kier molecular flexibility index (Phi) is 5.79. The number of carbonyl (C=O) groups excluding carboxylic acids is 3. The number of benzene rings is 1. The maximum absolute atomic E-state index is 12.9. The van der Waals surface area contributed by atoms with Gasteiger partial charge in [0.1, 0.15) is 5.69 Å². The molecule has 1 aromatic heterocycles. The first-order valence-electron chi connectivity index (χ1n) is 8.78. The zero-order valence-electron chi connectivity index (χ0n) is 15.2. The zero-order valence-corrected chi connectivity index (χ0v) is 16.8. The quantitative estimate of drug-likeness (QED) is 0.705. The largest absolute Gasteiger partial charge is 0.469 e. The van der Waals surface area contributed by atoms with E-state index in [4.69, 9.17) is 4.74 Å². The number of hydrogen-bond acceptors (Lipinski definition) is 4. The highest BCUT2D eigenvalue weighted by molar-refractivity contribution is 9.10. The number of esters is 1. The summed E-state index contributed by atoms with van der Waals surface area (Å²) in [6.07, 6.45) is 2.06. The van der Waals surface area contributed by atoms with E-state index in [1.54, 1.807) is 6.92 Å². The van der Waals surface area contributed by atoms with Gasteiger partial charge in [0.2, 0.25) is 0 Å². The van der Waals surface area contributed by atoms with Crippen LogP contribution in [0.3, 0.4) is 0 Å². The van der Waals surface area contributed by atoms with Crippen LogP contribution in [0.4, 0.5) is 0 Å². The number of halogens is 1. The van der Waals surface area contributed by atoms with Crippen molar-refractivity contribution < 1.29 is 19.1 Å². The van der Waals surface area contributed by atoms with Crippen molar-refractivity contribution >= 4 is 33.6 Å². The Morgan fingerprint density at radius 2 is 2.11 bits per heavy atom. The van der Waals surface area contributed by atoms with Crippen LogP contribution < -0.4 is 5.32 Å². The van der Waals surface area contributed by atoms with Gasteiger partial charge in [-0.05, 0) is 43.0 Å². The molecule has 142 valence electrons. The minimum absolute atomic E-state index is 0.0110. The number of amides is 1. The number of aryl methyl sites for hydroxylation is 1. The van der Waals surface area contributed by atoms with Crippen molar-refractivity contribution in [3.63, 3.8) is 0 Å². The number of rotatable bonds is 5. The second kappa shape index (κ2) is 8.08. The SMILES string of the molecule is COC(=O)CC(NC(=O)c1[nH]c2c(c1C)C(=O)CCC2)c1cccc(Br)c1. The van der Waals surface area contributed by atoms with Crippen molar-refractivity contribution in [2.45, 2.75) is 38.6 Å². The van der Waals surface area contributed by atoms with E-state index in [0.29, 0.717) is 23.2 Å². The number of hydrogen-bond donors (Lipinski definition) is 2. The Morgan fingerprint density at radius 3 is 2.78 bits per heavy atom. The van der Waals surface area contributed by atoms with Gasteiger partial charge in [-0.15, -0.1) is 0 Å². The summed E-state index contributed by atoms with van der Waals surface area (Å²) in [7, 11) is 1.32. The predicted molar refractivity (Wildman–Crippen MR) is 104 cm³/mol. The highest BCUT2D eigenvalue weighted by Crippen LogP contribution is 2.27. The van der Waals surface area contributed by atoms with Crippen molar-refractivity contribution in [2.75, 3.05) is 7.11 Å². The molecule has 1 aliphatic carbocycles. The normalized spacial score (nSPS) is 14.4. The predicted octanol–water partition coefficient (Wildman–Crippen LogP) is 3.64. The Morgan fingerprint density at radius 1 is 1.33 bits per heavy atom. The maximum atomic E-state index is 12.9. The number of carbonyl (C=O) groups is 3. The van der Waals surface area contributed by atoms with Crippen LogP contribution in [0.25, 0.3) is 0 Å². The van der Waals surface area contributed by atoms with E-state index in [2.05, 4.69) is 26.2 Å². The second-order valence-corrected chi connectivity index (χ2v) is 7.53. The van der Waals surface area contributed by atoms with Gasteiger partial charge in [0.25, 0.3) is 5.91 Å². The molecule has 1 aliphatic rings. The van der Waals surface area contributed by atoms with Crippen LogP contribution in [-0.2, 0) is 16.0 Å². The number of methoxy groups -OCH3 is 1. The molecule has 0 fully saturated rings. The molecule has 7 heteroatoms. The van der Waals surface area contributed by atoms with E-state index in [9.17, 15) is 14.4 Å². The summed E-state index contributed by atoms with van der Waals surface area (Å²) in [5, 5.41) is 2.90. The Bertz CT molecular complexity index is 903. The number of ether oxygens (including phenoxy) is 1. The third-order valence-corrected chi connectivity index (χ3v) is 5.31. The summed E-state index contributed by atoms with van der Waals surface area (Å²) >= 11 is 3.41. The molecule has 0 saturated heterocycles. The van der Waals surface area contributed by atoms with Crippen molar-refractivity contribution in [3.05, 3.63) is 56.8 Å². The molecule has 2 aromatic rings. The van der Waals surface area contributed by atoms with Gasteiger partial charge >= 0.3 is 5.97 Å². The summed E-state index contributed by atoms with van der Waals surface area (Å²) in [4.78, 5) is 40.0. The highest BCUT2D eigenvalue weighted by atomic mass is 79.9. The van der Waals surface area contributed by atoms with Gasteiger partial charge in [-0.1, -0.05) is 28.1 Å². The van der Waals surface area contributed by atoms with E-state index >= 15 is 0 Å². The Balaban J connectivity index is 1.89. The van der Waals surface area contributed by atoms with E-state index in [1.165, 1.54) is 7.11 Å². The molecule has 0 radical (unpaired) electrons. The van der Waals surface area contributed by atoms with Crippen LogP contribution in [-0.4, -0.2) is 29.8 Å². The van der Waals surface area contributed by atoms with E-state index in [-0.39, 0.29) is 18.1 Å². The van der Waals surface area contributed by atoms with Crippen molar-refractivity contribution in [1.29, 1.82) is 0 Å². The third kappa shape index (κ3) is 4.13. The lowest BCUT2D eigenvalue weighted by atomic mass is 9.93. The van der Waals surface area contributed by atoms with Crippen LogP contribution in [0.1, 0.15) is 63.0 Å². The average molecular weight is 433 g/mol. The third-order valence-electron chi connectivity index (χ3n) is 4.82. The molecular weight excluding hydrogens is 412 g/mol. The van der Waals surface area contributed by atoms with Gasteiger partial charge in [-0.3, -0.25) is 14.4 Å². The minimum Gasteiger partial charge on any atom is -0.469 e. The van der Waals surface area contributed by atoms with Gasteiger partial charge in [0.05, 0.1) is 19.6 Å². The molecule has 3 rings (SSSR count). The standard InChI is InChI=1S/C20H21BrN2O4/c1-11-18-14(7-4-8-16(18)24)22-19(11)20(26)23-15(10-17(25)27-2)12-5-3-6-13(21)9-12/h3,5-6,9,15,22H,4,7-8,10H2,1-2H3,(H,23,26). The zero-order chi connectivity index (χ0) is 19.6. The van der Waals surface area contributed by atoms with Gasteiger partial charge in [-0.25, -0.2) is 0 Å². The molecule has 0 spiro atoms. The average Bonchev–Trinajstić information content (AvgIpc) is 2.99. The van der Waals surface area contributed by atoms with Gasteiger partial charge in [-0.2, -0.15) is 0 Å². The molecule has 6 nitrogen and oxygen atoms in total. The first-order valence-corrected chi connectivity index (χ1v) is 9.57. The molecular formula is C20H21BrN2O4. The molecule has 0 aliphatic heterocycles. The molecule has 0 bridgehead atoms. The molecule has 0 saturated carbocycles. The molecule has 1 aromatic carbocycles. The number of Topliss-reactive ketones (excluding diaryl/α,β-unsaturated/α-hetero) is 1. The lowest BCUT2D eigenvalue weighted by molar-refractivity contribution is -0.141. The first-order chi connectivity index (χ1) is 12.9. The summed E-state index contributed by atoms with van der Waals surface area (Å²) in [5.41, 5.74) is 3.28. The van der Waals surface area contributed by atoms with Crippen molar-refractivity contribution in [2.24, 2.45) is 0 Å². The van der Waals surface area contributed by atoms with Crippen LogP contribution >= 0.6 is 15.9 Å². The number of nitrogens with one attached hydrogen (secondary N) is 2. The van der Waals surface area contributed by atoms with E-state index < -0.39 is 12.0 Å². The first kappa shape index (κ1) is 19.4. The number of H-pyrrole nitrogens is 1. The molecule has 1 heterocycles. The Hall–Kier alpha value is -2.41. The summed E-state index contributed by atoms with van der Waals surface area (Å²) in [5.74, 6) is -0.691. The fraction of sp³-hybridized carbons (Fsp3) is 0.350. The fourth-order valence-corrected chi connectivity index (χ4v) is 3.87. The number of fused-ring (bicyclic) bond motifs is 1. The van der Waals surface area contributed by atoms with Crippen LogP contribution in [0.15, 0.2) is 28.7 Å². The van der Waals surface area contributed by atoms with Crippen LogP contribution in [0.5, 0.6) is 0 Å². The second-order valence-electron chi connectivity index (χ2n) is 6.62. The van der Waals surface area contributed by atoms with Gasteiger partial charge in [0.15, 0.2) is 5.78 Å². The maximum Gasteiger partial charge on any atom is 0.307 e. The van der Waals surface area contributed by atoms with E-state index in [1.807, 2.05) is 24.3 Å². The number of ketones is 1. The molecule has 1 unspecified atom stereocenters. The molecule has 27 heavy (non-hydrogen) atoms. The Labute approximate surface area is 165 Å². The highest BCUT2D eigenvalue weighted by Gasteiger charge is 2.28. The smallest absolute Gasteiger partial charge is 0.307 e. The molecule has 1 atom stereocenters. The number of aromatic nitrogens is 1. The summed E-state index contributed by atoms with van der Waals surface area (Å²) in [6.45, 7) is 1.78. The molecule has 1 amide bonds. The summed E-state index contributed by atoms with van der Waals surface area (Å²) < 4.78 is 5.62. The lowest BCUT2D eigenvalue weighted by Crippen LogP contribution is -2.31. The van der Waals surface area contributed by atoms with Crippen molar-refractivity contribution in [1.82, 2.24) is 10.3 Å². The lowest BCUT2D eigenvalue weighted by Gasteiger charge is -2.18. The topological polar surface area (TPSA) is 88.3 Å². The fourth-order valence-electron chi connectivity index (χ4n) is 3.46. The van der Waals surface area contributed by atoms with E-state index in [0.717, 1.165) is 28.6 Å². The number of aromatic amines is 1. The van der Waals surface area contributed by atoms with Gasteiger partial charge in [0, 0.05) is 22.2 Å². The monoisotopic (exact) mass is 432 g/mol. The van der Waals surface area contributed by atoms with Crippen LogP contribution in [0, 0.1) is 6.92 Å².